The van der Waals surface area contributed by atoms with E-state index in [9.17, 15) is 14.7 Å². The highest BCUT2D eigenvalue weighted by molar-refractivity contribution is 6.11. The number of ketones is 1. The van der Waals surface area contributed by atoms with Gasteiger partial charge >= 0.3 is 0 Å². The minimum atomic E-state index is -1.90. The number of benzene rings is 3. The van der Waals surface area contributed by atoms with Crippen molar-refractivity contribution in [2.24, 2.45) is 5.92 Å². The highest BCUT2D eigenvalue weighted by atomic mass is 16.3. The summed E-state index contributed by atoms with van der Waals surface area (Å²) in [5.41, 5.74) is 1.79. The van der Waals surface area contributed by atoms with Gasteiger partial charge in [-0.3, -0.25) is 9.59 Å². The number of Topliss-reactive ketones (excluding diaryl/α,β-unsaturated/α-hetero) is 1. The van der Waals surface area contributed by atoms with Crippen LogP contribution >= 0.6 is 0 Å². The lowest BCUT2D eigenvalue weighted by Crippen LogP contribution is -2.47. The molecule has 0 radical (unpaired) electrons. The number of hydrogen-bond donors (Lipinski definition) is 1. The monoisotopic (exact) mass is 385 g/mol. The Bertz CT molecular complexity index is 1080. The molecule has 3 aromatic carbocycles. The van der Waals surface area contributed by atoms with Gasteiger partial charge in [-0.15, -0.1) is 0 Å². The van der Waals surface area contributed by atoms with Gasteiger partial charge in [-0.05, 0) is 24.1 Å². The van der Waals surface area contributed by atoms with Crippen molar-refractivity contribution in [3.05, 3.63) is 101 Å². The van der Waals surface area contributed by atoms with Gasteiger partial charge in [-0.2, -0.15) is 0 Å². The third kappa shape index (κ3) is 3.06. The van der Waals surface area contributed by atoms with Crippen molar-refractivity contribution < 1.29 is 14.7 Å². The molecule has 2 atom stereocenters. The van der Waals surface area contributed by atoms with Gasteiger partial charge in [-0.25, -0.2) is 0 Å². The Morgan fingerprint density at radius 1 is 0.966 bits per heavy atom. The number of fused-ring (bicyclic) bond motifs is 1. The van der Waals surface area contributed by atoms with E-state index >= 15 is 0 Å². The SMILES string of the molecule is Cc1ccccc1CN1C(=O)[C@](O)([C@H](C)C(=O)c2ccccc2)c2ccccc21. The fourth-order valence-corrected chi connectivity index (χ4v) is 4.04. The molecular weight excluding hydrogens is 362 g/mol. The number of hydrogen-bond acceptors (Lipinski definition) is 3. The van der Waals surface area contributed by atoms with E-state index in [1.165, 1.54) is 0 Å². The molecule has 0 fully saturated rings. The Balaban J connectivity index is 1.75. The van der Waals surface area contributed by atoms with E-state index in [1.54, 1.807) is 48.2 Å². The maximum atomic E-state index is 13.5. The molecule has 0 saturated carbocycles. The average molecular weight is 385 g/mol. The van der Waals surface area contributed by atoms with E-state index in [-0.39, 0.29) is 5.78 Å². The first-order valence-electron chi connectivity index (χ1n) is 9.72. The molecule has 0 unspecified atom stereocenters. The van der Waals surface area contributed by atoms with Gasteiger partial charge < -0.3 is 10.0 Å². The number of para-hydroxylation sites is 1. The van der Waals surface area contributed by atoms with Crippen LogP contribution in [-0.2, 0) is 16.9 Å². The summed E-state index contributed by atoms with van der Waals surface area (Å²) in [6.45, 7) is 3.97. The van der Waals surface area contributed by atoms with E-state index in [2.05, 4.69) is 0 Å². The summed E-state index contributed by atoms with van der Waals surface area (Å²) in [6.07, 6.45) is 0. The topological polar surface area (TPSA) is 57.6 Å². The lowest BCUT2D eigenvalue weighted by Gasteiger charge is -2.28. The van der Waals surface area contributed by atoms with Gasteiger partial charge in [0.05, 0.1) is 18.2 Å². The molecule has 0 aliphatic carbocycles. The third-order valence-corrected chi connectivity index (χ3v) is 5.84. The van der Waals surface area contributed by atoms with Gasteiger partial charge in [-0.1, -0.05) is 79.7 Å². The van der Waals surface area contributed by atoms with Crippen LogP contribution in [0.5, 0.6) is 0 Å². The van der Waals surface area contributed by atoms with Gasteiger partial charge in [0, 0.05) is 11.1 Å². The van der Waals surface area contributed by atoms with E-state index in [0.29, 0.717) is 23.4 Å². The van der Waals surface area contributed by atoms with E-state index < -0.39 is 17.4 Å². The normalized spacial score (nSPS) is 19.1. The fraction of sp³-hybridized carbons (Fsp3) is 0.200. The second-order valence-corrected chi connectivity index (χ2v) is 7.55. The van der Waals surface area contributed by atoms with Gasteiger partial charge in [0.15, 0.2) is 11.4 Å². The van der Waals surface area contributed by atoms with Gasteiger partial charge in [0.2, 0.25) is 0 Å². The lowest BCUT2D eigenvalue weighted by molar-refractivity contribution is -0.139. The Hall–Kier alpha value is -3.24. The molecular formula is C25H23NO3. The molecule has 29 heavy (non-hydrogen) atoms. The summed E-state index contributed by atoms with van der Waals surface area (Å²) >= 11 is 0. The zero-order chi connectivity index (χ0) is 20.6. The molecule has 1 heterocycles. The van der Waals surface area contributed by atoms with Crippen molar-refractivity contribution >= 4 is 17.4 Å². The molecule has 0 aromatic heterocycles. The first-order valence-corrected chi connectivity index (χ1v) is 9.72. The van der Waals surface area contributed by atoms with Crippen LogP contribution in [0.3, 0.4) is 0 Å². The Labute approximate surface area is 170 Å². The summed E-state index contributed by atoms with van der Waals surface area (Å²) < 4.78 is 0. The molecule has 4 nitrogen and oxygen atoms in total. The largest absolute Gasteiger partial charge is 0.375 e. The molecule has 0 spiro atoms. The van der Waals surface area contributed by atoms with Crippen LogP contribution in [0.4, 0.5) is 5.69 Å². The van der Waals surface area contributed by atoms with E-state index in [1.807, 2.05) is 49.4 Å². The summed E-state index contributed by atoms with van der Waals surface area (Å²) in [5.74, 6) is -1.63. The van der Waals surface area contributed by atoms with Crippen molar-refractivity contribution in [1.29, 1.82) is 0 Å². The molecule has 0 saturated heterocycles. The summed E-state index contributed by atoms with van der Waals surface area (Å²) in [5, 5.41) is 11.6. The summed E-state index contributed by atoms with van der Waals surface area (Å²) in [6, 6.07) is 23.8. The summed E-state index contributed by atoms with van der Waals surface area (Å²) in [7, 11) is 0. The number of amides is 1. The van der Waals surface area contributed by atoms with Crippen LogP contribution in [0.1, 0.15) is 34.0 Å². The molecule has 1 aliphatic rings. The fourth-order valence-electron chi connectivity index (χ4n) is 4.04. The van der Waals surface area contributed by atoms with Crippen molar-refractivity contribution in [1.82, 2.24) is 0 Å². The van der Waals surface area contributed by atoms with Crippen LogP contribution in [0.15, 0.2) is 78.9 Å². The molecule has 1 N–H and O–H groups in total. The number of aryl methyl sites for hydroxylation is 1. The highest BCUT2D eigenvalue weighted by Crippen LogP contribution is 2.46. The molecule has 4 rings (SSSR count). The Morgan fingerprint density at radius 2 is 1.59 bits per heavy atom. The second-order valence-electron chi connectivity index (χ2n) is 7.55. The highest BCUT2D eigenvalue weighted by Gasteiger charge is 2.55. The number of rotatable bonds is 5. The van der Waals surface area contributed by atoms with Crippen molar-refractivity contribution in [3.63, 3.8) is 0 Å². The van der Waals surface area contributed by atoms with Gasteiger partial charge in [0.1, 0.15) is 0 Å². The number of carbonyl (C=O) groups is 2. The number of nitrogens with zero attached hydrogens (tertiary/aromatic N) is 1. The predicted molar refractivity (Wildman–Crippen MR) is 113 cm³/mol. The standard InChI is InChI=1S/C25H23NO3/c1-17-10-6-7-13-20(17)16-26-22-15-9-8-14-21(22)25(29,24(26)28)18(2)23(27)19-11-4-3-5-12-19/h3-15,18,29H,16H2,1-2H3/t18-,25+/m1/s1. The first kappa shape index (κ1) is 19.1. The predicted octanol–water partition coefficient (Wildman–Crippen LogP) is 4.25. The lowest BCUT2D eigenvalue weighted by atomic mass is 9.79. The Morgan fingerprint density at radius 3 is 2.31 bits per heavy atom. The van der Waals surface area contributed by atoms with E-state index in [4.69, 9.17) is 0 Å². The first-order chi connectivity index (χ1) is 13.9. The average Bonchev–Trinajstić information content (AvgIpc) is 2.97. The van der Waals surface area contributed by atoms with Crippen LogP contribution in [0, 0.1) is 12.8 Å². The van der Waals surface area contributed by atoms with Crippen molar-refractivity contribution in [3.8, 4) is 0 Å². The van der Waals surface area contributed by atoms with Gasteiger partial charge in [0.25, 0.3) is 5.91 Å². The second kappa shape index (κ2) is 7.30. The molecule has 4 heteroatoms. The van der Waals surface area contributed by atoms with Crippen molar-refractivity contribution in [2.45, 2.75) is 26.0 Å². The summed E-state index contributed by atoms with van der Waals surface area (Å²) in [4.78, 5) is 28.2. The molecule has 1 aliphatic heterocycles. The van der Waals surface area contributed by atoms with Crippen molar-refractivity contribution in [2.75, 3.05) is 4.90 Å². The molecule has 1 amide bonds. The van der Waals surface area contributed by atoms with Crippen LogP contribution in [0.25, 0.3) is 0 Å². The smallest absolute Gasteiger partial charge is 0.264 e. The zero-order valence-electron chi connectivity index (χ0n) is 16.5. The quantitative estimate of drug-likeness (QED) is 0.668. The maximum absolute atomic E-state index is 13.5. The minimum absolute atomic E-state index is 0.256. The van der Waals surface area contributed by atoms with Crippen LogP contribution < -0.4 is 4.90 Å². The van der Waals surface area contributed by atoms with Crippen LogP contribution in [-0.4, -0.2) is 16.8 Å². The number of anilines is 1. The van der Waals surface area contributed by atoms with Crippen LogP contribution in [0.2, 0.25) is 0 Å². The minimum Gasteiger partial charge on any atom is -0.375 e. The molecule has 0 bridgehead atoms. The third-order valence-electron chi connectivity index (χ3n) is 5.84. The Kier molecular flexibility index (Phi) is 4.81. The number of aliphatic hydroxyl groups is 1. The zero-order valence-corrected chi connectivity index (χ0v) is 16.5. The molecule has 146 valence electrons. The number of carbonyl (C=O) groups excluding carboxylic acids is 2. The van der Waals surface area contributed by atoms with E-state index in [0.717, 1.165) is 11.1 Å². The molecule has 3 aromatic rings. The maximum Gasteiger partial charge on any atom is 0.264 e.